The van der Waals surface area contributed by atoms with E-state index >= 15 is 0 Å². The second kappa shape index (κ2) is 13.3. The molecule has 0 radical (unpaired) electrons. The van der Waals surface area contributed by atoms with E-state index in [9.17, 15) is 0 Å². The molecule has 1 aliphatic heterocycles. The molecule has 0 saturated heterocycles. The standard InChI is InChI=1S/C60H41NO2/c1-59(2)50-24-12-9-21-44(50)46-33-30-42(37-54(46)59)61(40-29-32-43(38-17-5-3-6-18-38)48(35-40)39-19-7-4-8-20-39)41-31-34-52-49(36-41)45-22-10-13-25-51(45)60(52)53-26-14-16-28-56(53)62-57-47-23-11-15-27-55(47)63-58(57)60/h3-37H,1-2H3. The zero-order chi connectivity index (χ0) is 41.9. The van der Waals surface area contributed by atoms with Crippen molar-refractivity contribution >= 4 is 28.0 Å². The lowest BCUT2D eigenvalue weighted by molar-refractivity contribution is 0.389. The zero-order valence-electron chi connectivity index (χ0n) is 35.0. The molecule has 1 spiro atoms. The van der Waals surface area contributed by atoms with Gasteiger partial charge in [-0.05, 0) is 121 Å². The largest absolute Gasteiger partial charge is 0.455 e. The Labute approximate surface area is 367 Å². The zero-order valence-corrected chi connectivity index (χ0v) is 35.0. The van der Waals surface area contributed by atoms with Crippen molar-refractivity contribution in [3.63, 3.8) is 0 Å². The minimum absolute atomic E-state index is 0.163. The van der Waals surface area contributed by atoms with E-state index in [2.05, 4.69) is 219 Å². The molecule has 9 aromatic carbocycles. The average Bonchev–Trinajstić information content (AvgIpc) is 3.93. The van der Waals surface area contributed by atoms with Crippen LogP contribution in [0.25, 0.3) is 55.5 Å². The summed E-state index contributed by atoms with van der Waals surface area (Å²) < 4.78 is 13.8. The molecule has 3 nitrogen and oxygen atoms in total. The van der Waals surface area contributed by atoms with Crippen molar-refractivity contribution in [2.75, 3.05) is 4.90 Å². The molecule has 1 aromatic heterocycles. The smallest absolute Gasteiger partial charge is 0.178 e. The molecule has 13 rings (SSSR count). The summed E-state index contributed by atoms with van der Waals surface area (Å²) in [4.78, 5) is 2.46. The number of benzene rings is 9. The number of para-hydroxylation sites is 2. The van der Waals surface area contributed by atoms with Crippen molar-refractivity contribution in [2.24, 2.45) is 0 Å². The van der Waals surface area contributed by atoms with Gasteiger partial charge >= 0.3 is 0 Å². The van der Waals surface area contributed by atoms with E-state index < -0.39 is 5.41 Å². The first-order chi connectivity index (χ1) is 31.0. The lowest BCUT2D eigenvalue weighted by Crippen LogP contribution is -2.31. The van der Waals surface area contributed by atoms with Gasteiger partial charge in [-0.1, -0.05) is 172 Å². The van der Waals surface area contributed by atoms with Crippen LogP contribution in [0.4, 0.5) is 17.1 Å². The number of anilines is 3. The van der Waals surface area contributed by atoms with E-state index in [1.54, 1.807) is 0 Å². The predicted molar refractivity (Wildman–Crippen MR) is 257 cm³/mol. The Morgan fingerprint density at radius 3 is 1.67 bits per heavy atom. The molecule has 2 aliphatic carbocycles. The highest BCUT2D eigenvalue weighted by Crippen LogP contribution is 2.64. The Morgan fingerprint density at radius 2 is 0.905 bits per heavy atom. The van der Waals surface area contributed by atoms with Crippen LogP contribution in [0.5, 0.6) is 11.5 Å². The van der Waals surface area contributed by atoms with Gasteiger partial charge in [0.15, 0.2) is 11.5 Å². The van der Waals surface area contributed by atoms with Gasteiger partial charge in [0.05, 0.1) is 5.39 Å². The van der Waals surface area contributed by atoms with Crippen molar-refractivity contribution in [3.05, 3.63) is 246 Å². The van der Waals surface area contributed by atoms with Gasteiger partial charge < -0.3 is 14.1 Å². The lowest BCUT2D eigenvalue weighted by Gasteiger charge is -2.36. The molecule has 0 saturated carbocycles. The van der Waals surface area contributed by atoms with Gasteiger partial charge in [0, 0.05) is 28.0 Å². The average molecular weight is 808 g/mol. The summed E-state index contributed by atoms with van der Waals surface area (Å²) in [5, 5.41) is 0.977. The van der Waals surface area contributed by atoms with Gasteiger partial charge in [0.25, 0.3) is 0 Å². The molecular formula is C60H41NO2. The van der Waals surface area contributed by atoms with Crippen LogP contribution in [0.1, 0.15) is 47.4 Å². The van der Waals surface area contributed by atoms with Gasteiger partial charge in [0.1, 0.15) is 16.7 Å². The SMILES string of the molecule is CC1(C)c2ccccc2-c2ccc(N(c3ccc(-c4ccccc4)c(-c4ccccc4)c3)c3ccc4c(c3)-c3ccccc3C43c4ccccc4Oc4c3oc3ccccc43)cc21. The van der Waals surface area contributed by atoms with Crippen LogP contribution in [0.2, 0.25) is 0 Å². The van der Waals surface area contributed by atoms with Crippen LogP contribution in [0.15, 0.2) is 217 Å². The normalized spacial score (nSPS) is 15.8. The second-order valence-corrected chi connectivity index (χ2v) is 17.6. The predicted octanol–water partition coefficient (Wildman–Crippen LogP) is 16.0. The van der Waals surface area contributed by atoms with E-state index in [1.807, 2.05) is 12.1 Å². The Hall–Kier alpha value is -7.88. The van der Waals surface area contributed by atoms with Gasteiger partial charge in [-0.2, -0.15) is 0 Å². The summed E-state index contributed by atoms with van der Waals surface area (Å²) in [6.07, 6.45) is 0. The fourth-order valence-corrected chi connectivity index (χ4v) is 11.1. The Kier molecular flexibility index (Phi) is 7.57. The molecule has 3 heteroatoms. The third-order valence-electron chi connectivity index (χ3n) is 13.9. The second-order valence-electron chi connectivity index (χ2n) is 17.6. The third kappa shape index (κ3) is 5.02. The highest BCUT2D eigenvalue weighted by atomic mass is 16.5. The van der Waals surface area contributed by atoms with E-state index in [1.165, 1.54) is 66.8 Å². The molecule has 0 bridgehead atoms. The number of hydrogen-bond donors (Lipinski definition) is 0. The highest BCUT2D eigenvalue weighted by Gasteiger charge is 2.54. The number of fused-ring (bicyclic) bond motifs is 14. The van der Waals surface area contributed by atoms with E-state index in [0.717, 1.165) is 50.9 Å². The first-order valence-corrected chi connectivity index (χ1v) is 21.8. The molecule has 63 heavy (non-hydrogen) atoms. The van der Waals surface area contributed by atoms with Gasteiger partial charge in [0.2, 0.25) is 0 Å². The fourth-order valence-electron chi connectivity index (χ4n) is 11.1. The molecule has 298 valence electrons. The minimum Gasteiger partial charge on any atom is -0.455 e. The maximum absolute atomic E-state index is 6.97. The molecule has 1 atom stereocenters. The third-order valence-corrected chi connectivity index (χ3v) is 13.9. The first kappa shape index (κ1) is 35.8. The van der Waals surface area contributed by atoms with Crippen molar-refractivity contribution in [1.29, 1.82) is 0 Å². The molecule has 10 aromatic rings. The monoisotopic (exact) mass is 807 g/mol. The van der Waals surface area contributed by atoms with Crippen molar-refractivity contribution in [1.82, 2.24) is 0 Å². The summed E-state index contributed by atoms with van der Waals surface area (Å²) in [6.45, 7) is 4.72. The maximum atomic E-state index is 6.97. The lowest BCUT2D eigenvalue weighted by atomic mass is 9.69. The van der Waals surface area contributed by atoms with Crippen LogP contribution in [-0.2, 0) is 10.8 Å². The summed E-state index contributed by atoms with van der Waals surface area (Å²) in [5.41, 5.74) is 19.1. The summed E-state index contributed by atoms with van der Waals surface area (Å²) in [5.74, 6) is 2.45. The van der Waals surface area contributed by atoms with E-state index in [-0.39, 0.29) is 5.41 Å². The fraction of sp³-hybridized carbons (Fsp3) is 0.0667. The van der Waals surface area contributed by atoms with Crippen LogP contribution >= 0.6 is 0 Å². The van der Waals surface area contributed by atoms with Crippen LogP contribution in [-0.4, -0.2) is 0 Å². The number of furan rings is 1. The Bertz CT molecular complexity index is 3470. The van der Waals surface area contributed by atoms with E-state index in [0.29, 0.717) is 0 Å². The molecule has 0 amide bonds. The topological polar surface area (TPSA) is 25.6 Å². The molecule has 0 fully saturated rings. The number of hydrogen-bond acceptors (Lipinski definition) is 3. The van der Waals surface area contributed by atoms with Gasteiger partial charge in [-0.3, -0.25) is 0 Å². The van der Waals surface area contributed by atoms with E-state index in [4.69, 9.17) is 9.15 Å². The maximum Gasteiger partial charge on any atom is 0.178 e. The summed E-state index contributed by atoms with van der Waals surface area (Å²) in [6, 6.07) is 77.1. The van der Waals surface area contributed by atoms with Crippen molar-refractivity contribution in [3.8, 4) is 56.0 Å². The Morgan fingerprint density at radius 1 is 0.381 bits per heavy atom. The van der Waals surface area contributed by atoms with Gasteiger partial charge in [-0.15, -0.1) is 0 Å². The van der Waals surface area contributed by atoms with Crippen molar-refractivity contribution < 1.29 is 9.15 Å². The molecular weight excluding hydrogens is 767 g/mol. The van der Waals surface area contributed by atoms with Crippen molar-refractivity contribution in [2.45, 2.75) is 24.7 Å². The highest BCUT2D eigenvalue weighted by molar-refractivity contribution is 5.96. The van der Waals surface area contributed by atoms with Crippen LogP contribution < -0.4 is 9.64 Å². The molecule has 2 heterocycles. The Balaban J connectivity index is 1.07. The quantitative estimate of drug-likeness (QED) is 0.173. The summed E-state index contributed by atoms with van der Waals surface area (Å²) in [7, 11) is 0. The first-order valence-electron chi connectivity index (χ1n) is 21.8. The van der Waals surface area contributed by atoms with Crippen LogP contribution in [0, 0.1) is 0 Å². The number of rotatable bonds is 5. The number of ether oxygens (including phenoxy) is 1. The molecule has 3 aliphatic rings. The summed E-state index contributed by atoms with van der Waals surface area (Å²) >= 11 is 0. The molecule has 1 unspecified atom stereocenters. The number of nitrogens with zero attached hydrogens (tertiary/aromatic N) is 1. The molecule has 0 N–H and O–H groups in total. The van der Waals surface area contributed by atoms with Crippen LogP contribution in [0.3, 0.4) is 0 Å². The minimum atomic E-state index is -0.723. The van der Waals surface area contributed by atoms with Gasteiger partial charge in [-0.25, -0.2) is 0 Å².